The molecule has 4 N–H and O–H groups in total. The molecule has 1 aromatic heterocycles. The lowest BCUT2D eigenvalue weighted by atomic mass is 9.97. The average Bonchev–Trinajstić information content (AvgIpc) is 2.61. The molecule has 5 heteroatoms. The Morgan fingerprint density at radius 3 is 2.76 bits per heavy atom. The lowest BCUT2D eigenvalue weighted by Crippen LogP contribution is -2.28. The summed E-state index contributed by atoms with van der Waals surface area (Å²) in [4.78, 5) is 16.0. The van der Waals surface area contributed by atoms with Crippen LogP contribution in [0.15, 0.2) is 48.7 Å². The SMILES string of the molecule is CCNC(=O)Nc1cc2cc(-c3cccc(CN)c3)cc(C)c2cn1. The van der Waals surface area contributed by atoms with E-state index in [4.69, 9.17) is 5.73 Å². The van der Waals surface area contributed by atoms with Crippen LogP contribution in [0, 0.1) is 6.92 Å². The van der Waals surface area contributed by atoms with Crippen molar-refractivity contribution in [2.24, 2.45) is 5.73 Å². The van der Waals surface area contributed by atoms with Crippen LogP contribution in [-0.4, -0.2) is 17.6 Å². The Balaban J connectivity index is 2.02. The molecule has 0 aliphatic heterocycles. The Labute approximate surface area is 147 Å². The number of benzene rings is 2. The molecule has 3 rings (SSSR count). The molecule has 1 heterocycles. The summed E-state index contributed by atoms with van der Waals surface area (Å²) >= 11 is 0. The molecule has 0 unspecified atom stereocenters. The van der Waals surface area contributed by atoms with Crippen LogP contribution in [0.1, 0.15) is 18.1 Å². The quantitative estimate of drug-likeness (QED) is 0.679. The number of hydrogen-bond acceptors (Lipinski definition) is 3. The summed E-state index contributed by atoms with van der Waals surface area (Å²) < 4.78 is 0. The third-order valence-electron chi connectivity index (χ3n) is 4.12. The molecule has 0 aliphatic carbocycles. The van der Waals surface area contributed by atoms with E-state index in [0.29, 0.717) is 18.9 Å². The largest absolute Gasteiger partial charge is 0.338 e. The highest BCUT2D eigenvalue weighted by molar-refractivity contribution is 5.94. The first-order valence-corrected chi connectivity index (χ1v) is 8.35. The van der Waals surface area contributed by atoms with Crippen LogP contribution >= 0.6 is 0 Å². The van der Waals surface area contributed by atoms with Crippen LogP contribution < -0.4 is 16.4 Å². The number of aryl methyl sites for hydroxylation is 1. The lowest BCUT2D eigenvalue weighted by Gasteiger charge is -2.11. The Morgan fingerprint density at radius 2 is 2.00 bits per heavy atom. The van der Waals surface area contributed by atoms with E-state index in [1.807, 2.05) is 25.1 Å². The first-order chi connectivity index (χ1) is 12.1. The number of carbonyl (C=O) groups is 1. The zero-order chi connectivity index (χ0) is 17.8. The van der Waals surface area contributed by atoms with Gasteiger partial charge in [0.1, 0.15) is 5.82 Å². The van der Waals surface area contributed by atoms with Gasteiger partial charge in [-0.2, -0.15) is 0 Å². The fourth-order valence-corrected chi connectivity index (χ4v) is 2.87. The summed E-state index contributed by atoms with van der Waals surface area (Å²) in [5.41, 5.74) is 10.2. The number of pyridine rings is 1. The molecular formula is C20H22N4O. The fraction of sp³-hybridized carbons (Fsp3) is 0.200. The van der Waals surface area contributed by atoms with E-state index in [1.165, 1.54) is 0 Å². The molecule has 0 fully saturated rings. The van der Waals surface area contributed by atoms with Crippen LogP contribution in [0.25, 0.3) is 21.9 Å². The number of carbonyl (C=O) groups excluding carboxylic acids is 1. The van der Waals surface area contributed by atoms with Gasteiger partial charge in [0, 0.05) is 24.7 Å². The number of nitrogens with zero attached hydrogens (tertiary/aromatic N) is 1. The maximum absolute atomic E-state index is 11.7. The van der Waals surface area contributed by atoms with E-state index in [9.17, 15) is 4.79 Å². The molecule has 0 bridgehead atoms. The van der Waals surface area contributed by atoms with E-state index < -0.39 is 0 Å². The molecule has 0 saturated heterocycles. The number of nitrogens with one attached hydrogen (secondary N) is 2. The van der Waals surface area contributed by atoms with E-state index in [2.05, 4.69) is 46.8 Å². The summed E-state index contributed by atoms with van der Waals surface area (Å²) in [6.45, 7) is 5.03. The normalized spacial score (nSPS) is 10.7. The van der Waals surface area contributed by atoms with Crippen molar-refractivity contribution >= 4 is 22.6 Å². The second-order valence-electron chi connectivity index (χ2n) is 5.97. The number of anilines is 1. The molecule has 128 valence electrons. The van der Waals surface area contributed by atoms with Gasteiger partial charge < -0.3 is 11.1 Å². The van der Waals surface area contributed by atoms with Gasteiger partial charge >= 0.3 is 6.03 Å². The van der Waals surface area contributed by atoms with Gasteiger partial charge in [-0.1, -0.05) is 24.3 Å². The Bertz CT molecular complexity index is 921. The monoisotopic (exact) mass is 334 g/mol. The van der Waals surface area contributed by atoms with Crippen molar-refractivity contribution in [1.82, 2.24) is 10.3 Å². The van der Waals surface area contributed by atoms with Gasteiger partial charge in [0.15, 0.2) is 0 Å². The van der Waals surface area contributed by atoms with Gasteiger partial charge in [-0.3, -0.25) is 5.32 Å². The maximum Gasteiger partial charge on any atom is 0.320 e. The highest BCUT2D eigenvalue weighted by atomic mass is 16.2. The summed E-state index contributed by atoms with van der Waals surface area (Å²) in [5.74, 6) is 0.533. The Morgan fingerprint density at radius 1 is 1.16 bits per heavy atom. The molecule has 0 atom stereocenters. The van der Waals surface area contributed by atoms with Crippen molar-refractivity contribution in [3.05, 3.63) is 59.8 Å². The first kappa shape index (κ1) is 16.9. The second-order valence-corrected chi connectivity index (χ2v) is 5.97. The zero-order valence-electron chi connectivity index (χ0n) is 14.5. The third-order valence-corrected chi connectivity index (χ3v) is 4.12. The van der Waals surface area contributed by atoms with Gasteiger partial charge in [-0.25, -0.2) is 9.78 Å². The number of fused-ring (bicyclic) bond motifs is 1. The summed E-state index contributed by atoms with van der Waals surface area (Å²) in [5, 5.41) is 7.56. The summed E-state index contributed by atoms with van der Waals surface area (Å²) in [7, 11) is 0. The number of amides is 2. The van der Waals surface area contributed by atoms with Gasteiger partial charge in [-0.15, -0.1) is 0 Å². The molecule has 3 aromatic rings. The second kappa shape index (κ2) is 7.32. The first-order valence-electron chi connectivity index (χ1n) is 8.35. The standard InChI is InChI=1S/C20H22N4O/c1-3-22-20(25)24-19-10-17-9-16(7-13(2)18(17)12-23-19)15-6-4-5-14(8-15)11-21/h4-10,12H,3,11,21H2,1-2H3,(H2,22,23,24,25). The van der Waals surface area contributed by atoms with E-state index >= 15 is 0 Å². The van der Waals surface area contributed by atoms with Crippen LogP contribution in [-0.2, 0) is 6.54 Å². The smallest absolute Gasteiger partial charge is 0.320 e. The Kier molecular flexibility index (Phi) is 4.95. The number of nitrogens with two attached hydrogens (primary N) is 1. The summed E-state index contributed by atoms with van der Waals surface area (Å²) in [6.07, 6.45) is 1.80. The van der Waals surface area contributed by atoms with E-state index in [0.717, 1.165) is 33.0 Å². The van der Waals surface area contributed by atoms with Crippen LogP contribution in [0.2, 0.25) is 0 Å². The maximum atomic E-state index is 11.7. The highest BCUT2D eigenvalue weighted by Gasteiger charge is 2.07. The minimum Gasteiger partial charge on any atom is -0.338 e. The van der Waals surface area contributed by atoms with Gasteiger partial charge in [0.05, 0.1) is 0 Å². The highest BCUT2D eigenvalue weighted by Crippen LogP contribution is 2.28. The molecule has 0 spiro atoms. The molecule has 2 amide bonds. The van der Waals surface area contributed by atoms with Gasteiger partial charge in [-0.05, 0) is 59.7 Å². The number of hydrogen-bond donors (Lipinski definition) is 3. The predicted molar refractivity (Wildman–Crippen MR) is 103 cm³/mol. The molecule has 5 nitrogen and oxygen atoms in total. The number of aromatic nitrogens is 1. The summed E-state index contributed by atoms with van der Waals surface area (Å²) in [6, 6.07) is 14.1. The minimum atomic E-state index is -0.252. The van der Waals surface area contributed by atoms with Crippen molar-refractivity contribution in [3.63, 3.8) is 0 Å². The van der Waals surface area contributed by atoms with Crippen LogP contribution in [0.4, 0.5) is 10.6 Å². The fourth-order valence-electron chi connectivity index (χ4n) is 2.87. The number of rotatable bonds is 4. The van der Waals surface area contributed by atoms with Crippen LogP contribution in [0.3, 0.4) is 0 Å². The van der Waals surface area contributed by atoms with Crippen molar-refractivity contribution in [1.29, 1.82) is 0 Å². The van der Waals surface area contributed by atoms with Crippen molar-refractivity contribution in [3.8, 4) is 11.1 Å². The molecule has 2 aromatic carbocycles. The molecule has 0 saturated carbocycles. The molecular weight excluding hydrogens is 312 g/mol. The molecule has 0 aliphatic rings. The van der Waals surface area contributed by atoms with E-state index in [1.54, 1.807) is 6.20 Å². The van der Waals surface area contributed by atoms with Crippen LogP contribution in [0.5, 0.6) is 0 Å². The third kappa shape index (κ3) is 3.78. The molecule has 0 radical (unpaired) electrons. The van der Waals surface area contributed by atoms with Crippen molar-refractivity contribution in [2.45, 2.75) is 20.4 Å². The van der Waals surface area contributed by atoms with Crippen molar-refractivity contribution in [2.75, 3.05) is 11.9 Å². The van der Waals surface area contributed by atoms with Crippen molar-refractivity contribution < 1.29 is 4.79 Å². The predicted octanol–water partition coefficient (Wildman–Crippen LogP) is 3.81. The Hall–Kier alpha value is -2.92. The van der Waals surface area contributed by atoms with E-state index in [-0.39, 0.29) is 6.03 Å². The zero-order valence-corrected chi connectivity index (χ0v) is 14.5. The lowest BCUT2D eigenvalue weighted by molar-refractivity contribution is 0.252. The topological polar surface area (TPSA) is 80.0 Å². The molecule has 25 heavy (non-hydrogen) atoms. The average molecular weight is 334 g/mol. The number of urea groups is 1. The van der Waals surface area contributed by atoms with Gasteiger partial charge in [0.2, 0.25) is 0 Å². The van der Waals surface area contributed by atoms with Gasteiger partial charge in [0.25, 0.3) is 0 Å². The minimum absolute atomic E-state index is 0.252.